The first-order chi connectivity index (χ1) is 25.3. The van der Waals surface area contributed by atoms with Crippen LogP contribution in [-0.2, 0) is 41.6 Å². The van der Waals surface area contributed by atoms with Crippen LogP contribution in [-0.4, -0.2) is 95.1 Å². The van der Waals surface area contributed by atoms with Crippen LogP contribution in [0.5, 0.6) is 0 Å². The first-order valence-corrected chi connectivity index (χ1v) is 18.0. The van der Waals surface area contributed by atoms with Gasteiger partial charge < -0.3 is 29.5 Å². The van der Waals surface area contributed by atoms with Crippen LogP contribution >= 0.6 is 11.6 Å². The van der Waals surface area contributed by atoms with Crippen molar-refractivity contribution in [1.82, 2.24) is 20.0 Å². The number of piperidine rings is 1. The lowest BCUT2D eigenvalue weighted by atomic mass is 9.85. The number of likely N-dealkylation sites (tertiary alicyclic amines) is 1. The van der Waals surface area contributed by atoms with E-state index in [0.717, 1.165) is 22.4 Å². The third kappa shape index (κ3) is 8.17. The Morgan fingerprint density at radius 3 is 2.25 bits per heavy atom. The average molecular weight is 742 g/mol. The van der Waals surface area contributed by atoms with Crippen molar-refractivity contribution in [2.45, 2.75) is 63.8 Å². The second-order valence-electron chi connectivity index (χ2n) is 14.5. The van der Waals surface area contributed by atoms with Gasteiger partial charge >= 0.3 is 12.1 Å². The number of hydrogen-bond acceptors (Lipinski definition) is 8. The molecule has 3 heterocycles. The fourth-order valence-corrected chi connectivity index (χ4v) is 7.24. The van der Waals surface area contributed by atoms with Crippen LogP contribution < -0.4 is 10.2 Å². The Bertz CT molecular complexity index is 1900. The van der Waals surface area contributed by atoms with E-state index >= 15 is 0 Å². The summed E-state index contributed by atoms with van der Waals surface area (Å²) in [6, 6.07) is 23.0. The van der Waals surface area contributed by atoms with Crippen molar-refractivity contribution < 1.29 is 33.4 Å². The number of nitrogens with one attached hydrogen (secondary N) is 1. The average Bonchev–Trinajstić information content (AvgIpc) is 3.40. The molecule has 2 fully saturated rings. The molecule has 0 bridgehead atoms. The van der Waals surface area contributed by atoms with Gasteiger partial charge in [-0.2, -0.15) is 0 Å². The molecule has 6 rings (SSSR count). The Balaban J connectivity index is 1.26. The number of carbonyl (C=O) groups excluding carboxylic acids is 5. The van der Waals surface area contributed by atoms with Crippen LogP contribution in [0.2, 0.25) is 5.02 Å². The standard InChI is InChI=1S/C40H44ClN5O7/c1-39(2,3)53-38(51)45-24-29-11-9-8-10-28(29)23-33(45)35(48)42-32(22-27-14-16-30(41)17-15-27)36(49)43-20-18-40(19-21-43)37(50)44(25-34(47)52-4)26-46(40)31-12-6-5-7-13-31/h5-17,23,32H,18-22,24-26H2,1-4H3,(H,42,48)/t32-/m1/s1. The third-order valence-corrected chi connectivity index (χ3v) is 10.1. The zero-order chi connectivity index (χ0) is 37.9. The zero-order valence-electron chi connectivity index (χ0n) is 30.3. The lowest BCUT2D eigenvalue weighted by molar-refractivity contribution is -0.147. The Hall–Kier alpha value is -5.36. The van der Waals surface area contributed by atoms with E-state index in [2.05, 4.69) is 5.32 Å². The number of hydrogen-bond donors (Lipinski definition) is 1. The monoisotopic (exact) mass is 741 g/mol. The highest BCUT2D eigenvalue weighted by atomic mass is 35.5. The molecular formula is C40H44ClN5O7. The fraction of sp³-hybridized carbons (Fsp3) is 0.375. The van der Waals surface area contributed by atoms with Crippen molar-refractivity contribution in [3.05, 3.63) is 106 Å². The first-order valence-electron chi connectivity index (χ1n) is 17.6. The van der Waals surface area contributed by atoms with Gasteiger partial charge in [0.05, 0.1) is 20.3 Å². The molecule has 3 aromatic carbocycles. The highest BCUT2D eigenvalue weighted by molar-refractivity contribution is 6.30. The molecule has 0 aromatic heterocycles. The van der Waals surface area contributed by atoms with E-state index in [-0.39, 0.29) is 56.8 Å². The minimum absolute atomic E-state index is 0.0604. The number of para-hydroxylation sites is 1. The molecule has 278 valence electrons. The molecule has 2 saturated heterocycles. The predicted molar refractivity (Wildman–Crippen MR) is 199 cm³/mol. The van der Waals surface area contributed by atoms with Gasteiger partial charge in [-0.1, -0.05) is 66.2 Å². The molecule has 1 spiro atoms. The number of methoxy groups -OCH3 is 1. The van der Waals surface area contributed by atoms with E-state index in [1.54, 1.807) is 56.0 Å². The second kappa shape index (κ2) is 15.3. The summed E-state index contributed by atoms with van der Waals surface area (Å²) in [6.07, 6.45) is 1.72. The molecule has 0 aliphatic carbocycles. The van der Waals surface area contributed by atoms with E-state index in [0.29, 0.717) is 17.9 Å². The minimum Gasteiger partial charge on any atom is -0.468 e. The number of carbonyl (C=O) groups is 5. The fourth-order valence-electron chi connectivity index (χ4n) is 7.12. The third-order valence-electron chi connectivity index (χ3n) is 9.80. The molecule has 53 heavy (non-hydrogen) atoms. The molecular weight excluding hydrogens is 698 g/mol. The maximum absolute atomic E-state index is 14.5. The summed E-state index contributed by atoms with van der Waals surface area (Å²) in [7, 11) is 1.29. The topological polar surface area (TPSA) is 129 Å². The van der Waals surface area contributed by atoms with E-state index in [1.165, 1.54) is 16.9 Å². The van der Waals surface area contributed by atoms with Gasteiger partial charge in [-0.15, -0.1) is 0 Å². The summed E-state index contributed by atoms with van der Waals surface area (Å²) < 4.78 is 10.5. The van der Waals surface area contributed by atoms with Crippen molar-refractivity contribution in [1.29, 1.82) is 0 Å². The normalized spacial score (nSPS) is 17.2. The van der Waals surface area contributed by atoms with Crippen LogP contribution in [0, 0.1) is 0 Å². The maximum atomic E-state index is 14.5. The first kappa shape index (κ1) is 37.4. The number of esters is 1. The van der Waals surface area contributed by atoms with Gasteiger partial charge in [-0.3, -0.25) is 24.1 Å². The smallest absolute Gasteiger partial charge is 0.415 e. The van der Waals surface area contributed by atoms with E-state index in [9.17, 15) is 24.0 Å². The summed E-state index contributed by atoms with van der Waals surface area (Å²) in [5.74, 6) is -1.65. The summed E-state index contributed by atoms with van der Waals surface area (Å²) in [6.45, 7) is 5.86. The summed E-state index contributed by atoms with van der Waals surface area (Å²) in [5.41, 5.74) is 1.51. The summed E-state index contributed by atoms with van der Waals surface area (Å²) >= 11 is 6.16. The molecule has 4 amide bonds. The number of anilines is 1. The molecule has 0 unspecified atom stereocenters. The Morgan fingerprint density at radius 2 is 1.58 bits per heavy atom. The highest BCUT2D eigenvalue weighted by Gasteiger charge is 2.54. The lowest BCUT2D eigenvalue weighted by Gasteiger charge is -2.44. The van der Waals surface area contributed by atoms with Gasteiger partial charge in [-0.05, 0) is 80.6 Å². The molecule has 1 N–H and O–H groups in total. The number of ether oxygens (including phenoxy) is 2. The largest absolute Gasteiger partial charge is 0.468 e. The van der Waals surface area contributed by atoms with Gasteiger partial charge in [0, 0.05) is 30.2 Å². The zero-order valence-corrected chi connectivity index (χ0v) is 31.1. The van der Waals surface area contributed by atoms with Crippen LogP contribution in [0.4, 0.5) is 10.5 Å². The van der Waals surface area contributed by atoms with Crippen molar-refractivity contribution in [3.8, 4) is 0 Å². The van der Waals surface area contributed by atoms with Gasteiger partial charge in [0.1, 0.15) is 29.4 Å². The van der Waals surface area contributed by atoms with Gasteiger partial charge in [0.15, 0.2) is 0 Å². The summed E-state index contributed by atoms with van der Waals surface area (Å²) in [5, 5.41) is 3.48. The van der Waals surface area contributed by atoms with Crippen molar-refractivity contribution in [2.24, 2.45) is 0 Å². The Kier molecular flexibility index (Phi) is 10.8. The molecule has 3 aliphatic rings. The van der Waals surface area contributed by atoms with Crippen LogP contribution in [0.15, 0.2) is 84.6 Å². The second-order valence-corrected chi connectivity index (χ2v) is 14.9. The quantitative estimate of drug-likeness (QED) is 0.320. The van der Waals surface area contributed by atoms with E-state index in [1.807, 2.05) is 59.5 Å². The van der Waals surface area contributed by atoms with Crippen LogP contribution in [0.1, 0.15) is 50.3 Å². The molecule has 3 aliphatic heterocycles. The Labute approximate surface area is 314 Å². The molecule has 0 saturated carbocycles. The molecule has 1 atom stereocenters. The number of rotatable bonds is 8. The molecule has 13 heteroatoms. The number of fused-ring (bicyclic) bond motifs is 1. The molecule has 3 aromatic rings. The number of nitrogens with zero attached hydrogens (tertiary/aromatic N) is 4. The van der Waals surface area contributed by atoms with Crippen molar-refractivity contribution >= 4 is 53.1 Å². The predicted octanol–water partition coefficient (Wildman–Crippen LogP) is 5.00. The number of benzene rings is 3. The van der Waals surface area contributed by atoms with Gasteiger partial charge in [0.2, 0.25) is 5.91 Å². The van der Waals surface area contributed by atoms with E-state index in [4.69, 9.17) is 21.1 Å². The molecule has 12 nitrogen and oxygen atoms in total. The summed E-state index contributed by atoms with van der Waals surface area (Å²) in [4.78, 5) is 74.8. The van der Waals surface area contributed by atoms with Gasteiger partial charge in [0.25, 0.3) is 11.8 Å². The van der Waals surface area contributed by atoms with Gasteiger partial charge in [-0.25, -0.2) is 4.79 Å². The van der Waals surface area contributed by atoms with Crippen LogP contribution in [0.25, 0.3) is 6.08 Å². The van der Waals surface area contributed by atoms with E-state index < -0.39 is 35.2 Å². The van der Waals surface area contributed by atoms with Crippen molar-refractivity contribution in [3.63, 3.8) is 0 Å². The van der Waals surface area contributed by atoms with Crippen LogP contribution in [0.3, 0.4) is 0 Å². The number of amides is 4. The minimum atomic E-state index is -1.02. The Morgan fingerprint density at radius 1 is 0.925 bits per heavy atom. The highest BCUT2D eigenvalue weighted by Crippen LogP contribution is 2.40. The number of halogens is 1. The maximum Gasteiger partial charge on any atom is 0.415 e. The van der Waals surface area contributed by atoms with Crippen molar-refractivity contribution in [2.75, 3.05) is 38.3 Å². The lowest BCUT2D eigenvalue weighted by Crippen LogP contribution is -2.60. The molecule has 0 radical (unpaired) electrons. The SMILES string of the molecule is COC(=O)CN1CN(c2ccccc2)C2(CCN(C(=O)[C@@H](Cc3ccc(Cl)cc3)NC(=O)C3=Cc4ccccc4CN3C(=O)OC(C)(C)C)CC2)C1=O.